The highest BCUT2D eigenvalue weighted by Crippen LogP contribution is 2.45. The molecule has 158 valence electrons. The maximum absolute atomic E-state index is 12.4. The lowest BCUT2D eigenvalue weighted by Gasteiger charge is -2.30. The van der Waals surface area contributed by atoms with Crippen LogP contribution in [0.1, 0.15) is 24.8 Å². The lowest BCUT2D eigenvalue weighted by molar-refractivity contribution is -0.382. The summed E-state index contributed by atoms with van der Waals surface area (Å²) in [5.41, 5.74) is 4.40. The Hall–Kier alpha value is -3.66. The Morgan fingerprint density at radius 3 is 2.34 bits per heavy atom. The maximum atomic E-state index is 12.4. The van der Waals surface area contributed by atoms with Gasteiger partial charge in [0.1, 0.15) is 0 Å². The highest BCUT2D eigenvalue weighted by Gasteiger charge is 2.28. The average Bonchev–Trinajstić information content (AvgIpc) is 3.27. The number of nitrogens with zero attached hydrogens (tertiary/aromatic N) is 2. The van der Waals surface area contributed by atoms with Crippen LogP contribution in [0.25, 0.3) is 32.7 Å². The van der Waals surface area contributed by atoms with Gasteiger partial charge in [0.05, 0.1) is 15.9 Å². The first-order valence-corrected chi connectivity index (χ1v) is 11.4. The van der Waals surface area contributed by atoms with Crippen molar-refractivity contribution in [2.24, 2.45) is 0 Å². The number of nitro groups is 1. The summed E-state index contributed by atoms with van der Waals surface area (Å²) in [6, 6.07) is 22.6. The normalized spacial score (nSPS) is 17.8. The molecule has 4 aromatic carbocycles. The molecule has 1 heterocycles. The Morgan fingerprint density at radius 1 is 0.906 bits per heavy atom. The zero-order chi connectivity index (χ0) is 21.7. The standard InChI is InChI=1S/C28H24N2O2/c31-30(32)28-25-13-7-5-11-23(25)22-10-4-6-12-24(22)27(28)20-15-14-19-16-17-29(26(19)18-20)21-8-2-1-3-9-21/h2,4-8,10-15,18,21H,1,3,9,16-17H2. The van der Waals surface area contributed by atoms with Crippen molar-refractivity contribution in [2.75, 3.05) is 11.4 Å². The Balaban J connectivity index is 1.62. The number of rotatable bonds is 3. The van der Waals surface area contributed by atoms with Crippen molar-refractivity contribution in [1.29, 1.82) is 0 Å². The summed E-state index contributed by atoms with van der Waals surface area (Å²) in [6.45, 7) is 1.01. The molecule has 32 heavy (non-hydrogen) atoms. The van der Waals surface area contributed by atoms with Crippen molar-refractivity contribution in [3.8, 4) is 11.1 Å². The molecule has 0 bridgehead atoms. The third-order valence-electron chi connectivity index (χ3n) is 7.02. The van der Waals surface area contributed by atoms with E-state index in [1.807, 2.05) is 42.5 Å². The lowest BCUT2D eigenvalue weighted by Crippen LogP contribution is -2.33. The molecule has 0 fully saturated rings. The second kappa shape index (κ2) is 7.49. The van der Waals surface area contributed by atoms with E-state index in [1.54, 1.807) is 0 Å². The smallest absolute Gasteiger partial charge is 0.285 e. The molecule has 0 saturated heterocycles. The molecule has 0 saturated carbocycles. The number of anilines is 1. The van der Waals surface area contributed by atoms with Gasteiger partial charge in [-0.1, -0.05) is 66.7 Å². The Kier molecular flexibility index (Phi) is 4.46. The van der Waals surface area contributed by atoms with Gasteiger partial charge in [0.2, 0.25) is 0 Å². The van der Waals surface area contributed by atoms with Gasteiger partial charge in [-0.3, -0.25) is 10.1 Å². The van der Waals surface area contributed by atoms with Crippen molar-refractivity contribution >= 4 is 32.9 Å². The summed E-state index contributed by atoms with van der Waals surface area (Å²) in [5, 5.41) is 16.0. The fourth-order valence-corrected chi connectivity index (χ4v) is 5.56. The van der Waals surface area contributed by atoms with Crippen LogP contribution in [-0.4, -0.2) is 17.5 Å². The molecule has 1 aliphatic carbocycles. The summed E-state index contributed by atoms with van der Waals surface area (Å²) in [4.78, 5) is 14.7. The van der Waals surface area contributed by atoms with Crippen molar-refractivity contribution < 1.29 is 4.92 Å². The second-order valence-corrected chi connectivity index (χ2v) is 8.79. The predicted molar refractivity (Wildman–Crippen MR) is 131 cm³/mol. The van der Waals surface area contributed by atoms with Gasteiger partial charge in [-0.25, -0.2) is 0 Å². The fourth-order valence-electron chi connectivity index (χ4n) is 5.56. The van der Waals surface area contributed by atoms with Gasteiger partial charge in [0.15, 0.2) is 0 Å². The third-order valence-corrected chi connectivity index (χ3v) is 7.02. The zero-order valence-corrected chi connectivity index (χ0v) is 17.8. The quantitative estimate of drug-likeness (QED) is 0.155. The molecule has 0 aromatic heterocycles. The van der Waals surface area contributed by atoms with Gasteiger partial charge in [-0.15, -0.1) is 0 Å². The van der Waals surface area contributed by atoms with E-state index in [0.717, 1.165) is 46.7 Å². The van der Waals surface area contributed by atoms with Gasteiger partial charge in [0, 0.05) is 18.3 Å². The van der Waals surface area contributed by atoms with Crippen molar-refractivity contribution in [2.45, 2.75) is 31.7 Å². The first-order valence-electron chi connectivity index (χ1n) is 11.4. The molecule has 0 radical (unpaired) electrons. The average molecular weight is 421 g/mol. The minimum absolute atomic E-state index is 0.196. The molecule has 0 spiro atoms. The summed E-state index contributed by atoms with van der Waals surface area (Å²) >= 11 is 0. The summed E-state index contributed by atoms with van der Waals surface area (Å²) in [5.74, 6) is 0. The van der Waals surface area contributed by atoms with Crippen molar-refractivity contribution in [3.05, 3.63) is 94.6 Å². The summed E-state index contributed by atoms with van der Waals surface area (Å²) < 4.78 is 0. The van der Waals surface area contributed by atoms with Crippen LogP contribution in [0.3, 0.4) is 0 Å². The highest BCUT2D eigenvalue weighted by molar-refractivity contribution is 6.19. The molecule has 1 unspecified atom stereocenters. The number of benzene rings is 4. The number of allylic oxidation sites excluding steroid dienone is 1. The van der Waals surface area contributed by atoms with Crippen molar-refractivity contribution in [1.82, 2.24) is 0 Å². The van der Waals surface area contributed by atoms with Crippen LogP contribution < -0.4 is 4.90 Å². The van der Waals surface area contributed by atoms with E-state index in [9.17, 15) is 10.1 Å². The third kappa shape index (κ3) is 2.90. The minimum atomic E-state index is -0.209. The van der Waals surface area contributed by atoms with E-state index >= 15 is 0 Å². The van der Waals surface area contributed by atoms with Crippen LogP contribution in [0.5, 0.6) is 0 Å². The van der Waals surface area contributed by atoms with Crippen LogP contribution >= 0.6 is 0 Å². The molecule has 6 rings (SSSR count). The molecule has 0 amide bonds. The van der Waals surface area contributed by atoms with E-state index < -0.39 is 0 Å². The number of hydrogen-bond donors (Lipinski definition) is 0. The molecule has 1 aliphatic heterocycles. The van der Waals surface area contributed by atoms with Crippen LogP contribution in [0.15, 0.2) is 78.9 Å². The molecule has 1 atom stereocenters. The van der Waals surface area contributed by atoms with Crippen LogP contribution in [0.4, 0.5) is 11.4 Å². The van der Waals surface area contributed by atoms with E-state index in [1.165, 1.54) is 24.1 Å². The van der Waals surface area contributed by atoms with E-state index in [-0.39, 0.29) is 10.6 Å². The molecule has 4 aromatic rings. The number of hydrogen-bond acceptors (Lipinski definition) is 3. The minimum Gasteiger partial charge on any atom is -0.365 e. The Labute approximate surface area is 186 Å². The summed E-state index contributed by atoms with van der Waals surface area (Å²) in [6.07, 6.45) is 9.19. The molecule has 0 N–H and O–H groups in total. The van der Waals surface area contributed by atoms with Gasteiger partial charge in [-0.05, 0) is 65.1 Å². The van der Waals surface area contributed by atoms with Crippen LogP contribution in [0, 0.1) is 10.1 Å². The monoisotopic (exact) mass is 420 g/mol. The SMILES string of the molecule is O=[N+]([O-])c1c(-c2ccc3c(c2)N(C2C=CCCC2)CC3)c2ccccc2c2ccccc12. The maximum Gasteiger partial charge on any atom is 0.285 e. The van der Waals surface area contributed by atoms with Gasteiger partial charge in [-0.2, -0.15) is 0 Å². The molecular formula is C28H24N2O2. The number of nitro benzene ring substituents is 1. The first-order chi connectivity index (χ1) is 15.7. The highest BCUT2D eigenvalue weighted by atomic mass is 16.6. The van der Waals surface area contributed by atoms with Gasteiger partial charge < -0.3 is 4.90 Å². The summed E-state index contributed by atoms with van der Waals surface area (Å²) in [7, 11) is 0. The largest absolute Gasteiger partial charge is 0.365 e. The van der Waals surface area contributed by atoms with Crippen LogP contribution in [-0.2, 0) is 6.42 Å². The molecular weight excluding hydrogens is 396 g/mol. The van der Waals surface area contributed by atoms with E-state index in [2.05, 4.69) is 41.3 Å². The topological polar surface area (TPSA) is 46.4 Å². The molecule has 4 nitrogen and oxygen atoms in total. The first kappa shape index (κ1) is 19.1. The molecule has 4 heteroatoms. The second-order valence-electron chi connectivity index (χ2n) is 8.79. The predicted octanol–water partition coefficient (Wildman–Crippen LogP) is 7.04. The van der Waals surface area contributed by atoms with Crippen molar-refractivity contribution in [3.63, 3.8) is 0 Å². The van der Waals surface area contributed by atoms with Gasteiger partial charge >= 0.3 is 0 Å². The van der Waals surface area contributed by atoms with E-state index in [0.29, 0.717) is 11.4 Å². The van der Waals surface area contributed by atoms with Gasteiger partial charge in [0.25, 0.3) is 5.69 Å². The fraction of sp³-hybridized carbons (Fsp3) is 0.214. The Bertz CT molecular complexity index is 1410. The molecule has 2 aliphatic rings. The van der Waals surface area contributed by atoms with E-state index in [4.69, 9.17) is 0 Å². The zero-order valence-electron chi connectivity index (χ0n) is 17.8. The van der Waals surface area contributed by atoms with Crippen LogP contribution in [0.2, 0.25) is 0 Å². The Morgan fingerprint density at radius 2 is 1.62 bits per heavy atom. The number of fused-ring (bicyclic) bond motifs is 4. The lowest BCUT2D eigenvalue weighted by atomic mass is 9.90.